The molecule has 0 radical (unpaired) electrons. The Morgan fingerprint density at radius 3 is 2.42 bits per heavy atom. The largest absolute Gasteiger partial charge is 0.355 e. The fourth-order valence-electron chi connectivity index (χ4n) is 3.17. The molecule has 2 aliphatic rings. The second-order valence-corrected chi connectivity index (χ2v) is 5.55. The van der Waals surface area contributed by atoms with Crippen molar-refractivity contribution < 1.29 is 4.79 Å². The van der Waals surface area contributed by atoms with Gasteiger partial charge in [0.2, 0.25) is 0 Å². The van der Waals surface area contributed by atoms with E-state index >= 15 is 0 Å². The zero-order chi connectivity index (χ0) is 13.2. The Balaban J connectivity index is 1.74. The first-order chi connectivity index (χ1) is 9.24. The molecule has 19 heavy (non-hydrogen) atoms. The third kappa shape index (κ3) is 2.71. The Morgan fingerprint density at radius 1 is 1.21 bits per heavy atom. The van der Waals surface area contributed by atoms with Crippen molar-refractivity contribution in [3.05, 3.63) is 41.0 Å². The number of hydrogen-bond acceptors (Lipinski definition) is 2. The highest BCUT2D eigenvalue weighted by molar-refractivity contribution is 5.94. The van der Waals surface area contributed by atoms with Crippen molar-refractivity contribution in [3.8, 4) is 0 Å². The van der Waals surface area contributed by atoms with E-state index in [1.54, 1.807) is 12.6 Å². The molecular formula is C16H20N2O. The van der Waals surface area contributed by atoms with Crippen molar-refractivity contribution in [3.63, 3.8) is 0 Å². The lowest BCUT2D eigenvalue weighted by atomic mass is 9.96. The molecule has 2 bridgehead atoms. The van der Waals surface area contributed by atoms with Crippen molar-refractivity contribution >= 4 is 12.0 Å². The van der Waals surface area contributed by atoms with Gasteiger partial charge in [0.25, 0.3) is 5.91 Å². The van der Waals surface area contributed by atoms with E-state index in [0.717, 1.165) is 5.56 Å². The molecule has 2 N–H and O–H groups in total. The summed E-state index contributed by atoms with van der Waals surface area (Å²) in [7, 11) is 1.66. The molecule has 100 valence electrons. The summed E-state index contributed by atoms with van der Waals surface area (Å²) in [6.07, 6.45) is 7.27. The van der Waals surface area contributed by atoms with E-state index in [2.05, 4.69) is 16.7 Å². The SMILES string of the molecule is CNC(=O)c1ccc(C=C2CC3CCC(C2)N3)cc1. The van der Waals surface area contributed by atoms with Gasteiger partial charge in [-0.2, -0.15) is 0 Å². The monoisotopic (exact) mass is 256 g/mol. The Bertz CT molecular complexity index is 490. The van der Waals surface area contributed by atoms with Crippen LogP contribution in [0, 0.1) is 0 Å². The van der Waals surface area contributed by atoms with Crippen LogP contribution in [0.2, 0.25) is 0 Å². The predicted molar refractivity (Wildman–Crippen MR) is 77.0 cm³/mol. The molecule has 0 aromatic heterocycles. The van der Waals surface area contributed by atoms with Gasteiger partial charge in [-0.3, -0.25) is 4.79 Å². The average Bonchev–Trinajstić information content (AvgIpc) is 2.78. The van der Waals surface area contributed by atoms with Crippen molar-refractivity contribution in [1.29, 1.82) is 0 Å². The van der Waals surface area contributed by atoms with Gasteiger partial charge in [-0.25, -0.2) is 0 Å². The lowest BCUT2D eigenvalue weighted by Gasteiger charge is -2.23. The number of carbonyl (C=O) groups excluding carboxylic acids is 1. The first-order valence-electron chi connectivity index (χ1n) is 7.02. The quantitative estimate of drug-likeness (QED) is 0.852. The summed E-state index contributed by atoms with van der Waals surface area (Å²) in [6.45, 7) is 0. The van der Waals surface area contributed by atoms with Gasteiger partial charge < -0.3 is 10.6 Å². The number of benzene rings is 1. The smallest absolute Gasteiger partial charge is 0.251 e. The zero-order valence-corrected chi connectivity index (χ0v) is 11.3. The highest BCUT2D eigenvalue weighted by Crippen LogP contribution is 2.31. The molecule has 2 atom stereocenters. The topological polar surface area (TPSA) is 41.1 Å². The van der Waals surface area contributed by atoms with Crippen molar-refractivity contribution in [1.82, 2.24) is 10.6 Å². The molecule has 2 unspecified atom stereocenters. The Labute approximate surface area is 114 Å². The highest BCUT2D eigenvalue weighted by Gasteiger charge is 2.29. The summed E-state index contributed by atoms with van der Waals surface area (Å²) in [5, 5.41) is 6.28. The molecule has 2 fully saturated rings. The standard InChI is InChI=1S/C16H20N2O/c1-17-16(19)13-4-2-11(3-5-13)8-12-9-14-6-7-15(10-12)18-14/h2-5,8,14-15,18H,6-7,9-10H2,1H3,(H,17,19). The van der Waals surface area contributed by atoms with Crippen molar-refractivity contribution in [2.75, 3.05) is 7.05 Å². The van der Waals surface area contributed by atoms with Crippen LogP contribution in [0.4, 0.5) is 0 Å². The van der Waals surface area contributed by atoms with E-state index < -0.39 is 0 Å². The van der Waals surface area contributed by atoms with Crippen LogP contribution in [0.15, 0.2) is 29.8 Å². The fourth-order valence-corrected chi connectivity index (χ4v) is 3.17. The zero-order valence-electron chi connectivity index (χ0n) is 11.3. The lowest BCUT2D eigenvalue weighted by Crippen LogP contribution is -2.34. The van der Waals surface area contributed by atoms with Crippen LogP contribution in [0.25, 0.3) is 6.08 Å². The van der Waals surface area contributed by atoms with Crippen LogP contribution < -0.4 is 10.6 Å². The van der Waals surface area contributed by atoms with E-state index in [4.69, 9.17) is 0 Å². The molecule has 2 heterocycles. The second kappa shape index (κ2) is 5.17. The summed E-state index contributed by atoms with van der Waals surface area (Å²) in [5.74, 6) is -0.0286. The normalized spacial score (nSPS) is 25.2. The molecule has 0 aliphatic carbocycles. The number of amides is 1. The van der Waals surface area contributed by atoms with Gasteiger partial charge in [0.15, 0.2) is 0 Å². The molecule has 1 aromatic rings. The fraction of sp³-hybridized carbons (Fsp3) is 0.438. The first-order valence-corrected chi connectivity index (χ1v) is 7.02. The number of piperidine rings is 1. The Kier molecular flexibility index (Phi) is 3.38. The minimum Gasteiger partial charge on any atom is -0.355 e. The number of rotatable bonds is 2. The van der Waals surface area contributed by atoms with Crippen LogP contribution in [0.3, 0.4) is 0 Å². The predicted octanol–water partition coefficient (Wildman–Crippen LogP) is 2.34. The summed E-state index contributed by atoms with van der Waals surface area (Å²) < 4.78 is 0. The Hall–Kier alpha value is -1.61. The first kappa shape index (κ1) is 12.4. The molecule has 3 nitrogen and oxygen atoms in total. The van der Waals surface area contributed by atoms with Gasteiger partial charge in [-0.1, -0.05) is 23.8 Å². The molecule has 0 saturated carbocycles. The second-order valence-electron chi connectivity index (χ2n) is 5.55. The lowest BCUT2D eigenvalue weighted by molar-refractivity contribution is 0.0963. The third-order valence-corrected chi connectivity index (χ3v) is 4.12. The molecule has 2 saturated heterocycles. The number of fused-ring (bicyclic) bond motifs is 2. The molecule has 3 heteroatoms. The van der Waals surface area contributed by atoms with Gasteiger partial charge in [-0.05, 0) is 43.4 Å². The molecular weight excluding hydrogens is 236 g/mol. The average molecular weight is 256 g/mol. The van der Waals surface area contributed by atoms with E-state index in [1.165, 1.54) is 31.2 Å². The molecule has 2 aliphatic heterocycles. The maximum absolute atomic E-state index is 11.5. The van der Waals surface area contributed by atoms with Crippen LogP contribution >= 0.6 is 0 Å². The van der Waals surface area contributed by atoms with Gasteiger partial charge in [-0.15, -0.1) is 0 Å². The Morgan fingerprint density at radius 2 is 1.84 bits per heavy atom. The minimum atomic E-state index is -0.0286. The van der Waals surface area contributed by atoms with Crippen LogP contribution in [0.5, 0.6) is 0 Å². The van der Waals surface area contributed by atoms with Crippen molar-refractivity contribution in [2.45, 2.75) is 37.8 Å². The molecule has 1 aromatic carbocycles. The summed E-state index contributed by atoms with van der Waals surface area (Å²) in [4.78, 5) is 11.5. The number of nitrogens with one attached hydrogen (secondary N) is 2. The van der Waals surface area contributed by atoms with Gasteiger partial charge in [0, 0.05) is 24.7 Å². The maximum atomic E-state index is 11.5. The van der Waals surface area contributed by atoms with Gasteiger partial charge in [0.1, 0.15) is 0 Å². The van der Waals surface area contributed by atoms with E-state index in [0.29, 0.717) is 12.1 Å². The highest BCUT2D eigenvalue weighted by atomic mass is 16.1. The van der Waals surface area contributed by atoms with Crippen molar-refractivity contribution in [2.24, 2.45) is 0 Å². The van der Waals surface area contributed by atoms with E-state index in [1.807, 2.05) is 24.3 Å². The summed E-state index contributed by atoms with van der Waals surface area (Å²) in [5.41, 5.74) is 3.46. The number of carbonyl (C=O) groups is 1. The minimum absolute atomic E-state index is 0.0286. The van der Waals surface area contributed by atoms with Crippen LogP contribution in [0.1, 0.15) is 41.6 Å². The van der Waals surface area contributed by atoms with Crippen LogP contribution in [-0.4, -0.2) is 25.0 Å². The molecule has 0 spiro atoms. The van der Waals surface area contributed by atoms with Crippen LogP contribution in [-0.2, 0) is 0 Å². The summed E-state index contributed by atoms with van der Waals surface area (Å²) in [6, 6.07) is 9.22. The summed E-state index contributed by atoms with van der Waals surface area (Å²) >= 11 is 0. The van der Waals surface area contributed by atoms with Gasteiger partial charge >= 0.3 is 0 Å². The molecule has 3 rings (SSSR count). The number of hydrogen-bond donors (Lipinski definition) is 2. The third-order valence-electron chi connectivity index (χ3n) is 4.12. The molecule has 1 amide bonds. The van der Waals surface area contributed by atoms with E-state index in [9.17, 15) is 4.79 Å². The van der Waals surface area contributed by atoms with Gasteiger partial charge in [0.05, 0.1) is 0 Å². The van der Waals surface area contributed by atoms with E-state index in [-0.39, 0.29) is 5.91 Å². The maximum Gasteiger partial charge on any atom is 0.251 e.